The van der Waals surface area contributed by atoms with E-state index >= 15 is 0 Å². The van der Waals surface area contributed by atoms with Crippen molar-refractivity contribution >= 4 is 11.4 Å². The first-order valence-electron chi connectivity index (χ1n) is 8.35. The van der Waals surface area contributed by atoms with Crippen LogP contribution in [0, 0.1) is 5.41 Å². The first kappa shape index (κ1) is 20.8. The van der Waals surface area contributed by atoms with E-state index in [0.29, 0.717) is 0 Å². The van der Waals surface area contributed by atoms with Crippen molar-refractivity contribution in [2.45, 2.75) is 53.9 Å². The summed E-state index contributed by atoms with van der Waals surface area (Å²) < 4.78 is 25.0. The monoisotopic (exact) mass is 349 g/mol. The first-order chi connectivity index (χ1) is 11.2. The van der Waals surface area contributed by atoms with Gasteiger partial charge in [-0.15, -0.1) is 0 Å². The van der Waals surface area contributed by atoms with E-state index < -0.39 is 11.4 Å². The minimum atomic E-state index is -2.45. The molecule has 0 fully saturated rings. The van der Waals surface area contributed by atoms with Crippen LogP contribution in [0.15, 0.2) is 58.7 Å². The predicted molar refractivity (Wildman–Crippen MR) is 101 cm³/mol. The number of hydrogen-bond acceptors (Lipinski definition) is 3. The Labute approximate surface area is 149 Å². The maximum atomic E-state index is 10.3. The van der Waals surface area contributed by atoms with E-state index in [9.17, 15) is 8.76 Å². The standard InChI is InChI=1S/C20H30O3S/c1-16(8-6-9-17(2)13-15-23-24(21)22)11-12-19-18(3)10-7-14-20(19,4)5/h6,8-9,11-13H,7,10,14-15H2,1-5H3,(H,21,22)/p-1/b9-6+,12-11+,16-8+,17-13+. The molecule has 0 N–H and O–H groups in total. The molecule has 0 aromatic heterocycles. The molecule has 1 unspecified atom stereocenters. The van der Waals surface area contributed by atoms with E-state index in [1.165, 1.54) is 36.0 Å². The lowest BCUT2D eigenvalue weighted by molar-refractivity contribution is 0.333. The van der Waals surface area contributed by atoms with Gasteiger partial charge in [0.25, 0.3) is 0 Å². The normalized spacial score (nSPS) is 21.1. The lowest BCUT2D eigenvalue weighted by atomic mass is 9.72. The Morgan fingerprint density at radius 2 is 2.00 bits per heavy atom. The van der Waals surface area contributed by atoms with Gasteiger partial charge in [-0.05, 0) is 51.0 Å². The van der Waals surface area contributed by atoms with Gasteiger partial charge in [-0.1, -0.05) is 67.0 Å². The molecule has 24 heavy (non-hydrogen) atoms. The summed E-state index contributed by atoms with van der Waals surface area (Å²) >= 11 is -2.45. The van der Waals surface area contributed by atoms with Gasteiger partial charge in [-0.3, -0.25) is 4.18 Å². The Balaban J connectivity index is 2.67. The molecule has 0 aromatic rings. The Kier molecular flexibility index (Phi) is 8.60. The van der Waals surface area contributed by atoms with E-state index in [4.69, 9.17) is 0 Å². The average Bonchev–Trinajstić information content (AvgIpc) is 2.45. The second kappa shape index (κ2) is 9.92. The van der Waals surface area contributed by atoms with E-state index in [0.717, 1.165) is 5.57 Å². The third kappa shape index (κ3) is 7.56. The molecule has 0 saturated heterocycles. The Hall–Kier alpha value is -1.23. The molecule has 0 aliphatic heterocycles. The minimum Gasteiger partial charge on any atom is -0.750 e. The van der Waals surface area contributed by atoms with E-state index in [2.05, 4.69) is 44.0 Å². The fourth-order valence-electron chi connectivity index (χ4n) is 2.92. The highest BCUT2D eigenvalue weighted by Crippen LogP contribution is 2.40. The molecule has 3 nitrogen and oxygen atoms in total. The van der Waals surface area contributed by atoms with Crippen LogP contribution in [0.3, 0.4) is 0 Å². The molecule has 0 bridgehead atoms. The second-order valence-corrected chi connectivity index (χ2v) is 7.62. The number of allylic oxidation sites excluding steroid dienone is 9. The van der Waals surface area contributed by atoms with Gasteiger partial charge in [-0.2, -0.15) is 0 Å². The maximum Gasteiger partial charge on any atom is 0.0845 e. The van der Waals surface area contributed by atoms with Gasteiger partial charge in [0.05, 0.1) is 18.0 Å². The summed E-state index contributed by atoms with van der Waals surface area (Å²) in [6.45, 7) is 10.9. The molecule has 0 aromatic carbocycles. The lowest BCUT2D eigenvalue weighted by Gasteiger charge is -2.32. The van der Waals surface area contributed by atoms with Crippen LogP contribution in [0.4, 0.5) is 0 Å². The predicted octanol–water partition coefficient (Wildman–Crippen LogP) is 5.33. The van der Waals surface area contributed by atoms with Crippen LogP contribution in [-0.2, 0) is 15.5 Å². The van der Waals surface area contributed by atoms with Crippen molar-refractivity contribution in [2.24, 2.45) is 5.41 Å². The van der Waals surface area contributed by atoms with E-state index in [1.54, 1.807) is 6.08 Å². The van der Waals surface area contributed by atoms with Gasteiger partial charge in [0.2, 0.25) is 0 Å². The van der Waals surface area contributed by atoms with Gasteiger partial charge >= 0.3 is 0 Å². The second-order valence-electron chi connectivity index (χ2n) is 6.97. The van der Waals surface area contributed by atoms with Gasteiger partial charge in [0.1, 0.15) is 0 Å². The fraction of sp³-hybridized carbons (Fsp3) is 0.500. The van der Waals surface area contributed by atoms with Gasteiger partial charge in [0, 0.05) is 0 Å². The van der Waals surface area contributed by atoms with Crippen molar-refractivity contribution in [3.8, 4) is 0 Å². The van der Waals surface area contributed by atoms with Gasteiger partial charge in [-0.25, -0.2) is 4.21 Å². The average molecular weight is 350 g/mol. The summed E-state index contributed by atoms with van der Waals surface area (Å²) in [4.78, 5) is 0. The van der Waals surface area contributed by atoms with E-state index in [1.807, 2.05) is 25.2 Å². The third-order valence-electron chi connectivity index (χ3n) is 4.34. The Bertz CT molecular complexity index is 604. The molecule has 0 amide bonds. The summed E-state index contributed by atoms with van der Waals surface area (Å²) in [5.74, 6) is 0. The van der Waals surface area contributed by atoms with Crippen molar-refractivity contribution in [3.63, 3.8) is 0 Å². The van der Waals surface area contributed by atoms with Crippen molar-refractivity contribution in [1.82, 2.24) is 0 Å². The van der Waals surface area contributed by atoms with Crippen molar-refractivity contribution < 1.29 is 12.9 Å². The largest absolute Gasteiger partial charge is 0.750 e. The summed E-state index contributed by atoms with van der Waals surface area (Å²) in [5, 5.41) is 0. The number of rotatable bonds is 7. The molecular formula is C20H29O3S-. The van der Waals surface area contributed by atoms with Gasteiger partial charge < -0.3 is 4.55 Å². The Morgan fingerprint density at radius 3 is 2.62 bits per heavy atom. The third-order valence-corrected chi connectivity index (χ3v) is 4.67. The minimum absolute atomic E-state index is 0.0669. The summed E-state index contributed by atoms with van der Waals surface area (Å²) in [6, 6.07) is 0. The van der Waals surface area contributed by atoms with Crippen LogP contribution in [0.1, 0.15) is 53.9 Å². The van der Waals surface area contributed by atoms with Crippen molar-refractivity contribution in [3.05, 3.63) is 58.7 Å². The molecular weight excluding hydrogens is 320 g/mol. The molecule has 1 aliphatic rings. The van der Waals surface area contributed by atoms with Crippen LogP contribution in [-0.4, -0.2) is 15.4 Å². The topological polar surface area (TPSA) is 49.4 Å². The van der Waals surface area contributed by atoms with Crippen LogP contribution < -0.4 is 0 Å². The summed E-state index contributed by atoms with van der Waals surface area (Å²) in [5.41, 5.74) is 5.36. The molecule has 0 radical (unpaired) electrons. The fourth-order valence-corrected chi connectivity index (χ4v) is 3.10. The lowest BCUT2D eigenvalue weighted by Crippen LogP contribution is -2.19. The van der Waals surface area contributed by atoms with Crippen LogP contribution in [0.5, 0.6) is 0 Å². The van der Waals surface area contributed by atoms with E-state index in [-0.39, 0.29) is 12.0 Å². The quantitative estimate of drug-likeness (QED) is 0.461. The van der Waals surface area contributed by atoms with Crippen molar-refractivity contribution in [1.29, 1.82) is 0 Å². The van der Waals surface area contributed by atoms with Crippen LogP contribution in [0.2, 0.25) is 0 Å². The highest BCUT2D eigenvalue weighted by atomic mass is 32.2. The molecule has 1 atom stereocenters. The van der Waals surface area contributed by atoms with Crippen LogP contribution >= 0.6 is 0 Å². The highest BCUT2D eigenvalue weighted by Gasteiger charge is 2.26. The Morgan fingerprint density at radius 1 is 1.29 bits per heavy atom. The molecule has 1 aliphatic carbocycles. The molecule has 0 heterocycles. The molecule has 0 spiro atoms. The van der Waals surface area contributed by atoms with Gasteiger partial charge in [0.15, 0.2) is 0 Å². The molecule has 4 heteroatoms. The summed E-state index contributed by atoms with van der Waals surface area (Å²) in [6.07, 6.45) is 15.8. The molecule has 1 rings (SSSR count). The zero-order valence-corrected chi connectivity index (χ0v) is 16.2. The first-order valence-corrected chi connectivity index (χ1v) is 9.35. The SMILES string of the molecule is CC1=C(/C=C/C(C)=C/C=C/C(C)=C/COS(=O)[O-])C(C)(C)CCC1. The molecule has 134 valence electrons. The van der Waals surface area contributed by atoms with Crippen molar-refractivity contribution in [2.75, 3.05) is 6.61 Å². The maximum absolute atomic E-state index is 10.3. The zero-order chi connectivity index (χ0) is 18.2. The summed E-state index contributed by atoms with van der Waals surface area (Å²) in [7, 11) is 0. The highest BCUT2D eigenvalue weighted by molar-refractivity contribution is 7.74. The zero-order valence-electron chi connectivity index (χ0n) is 15.4. The molecule has 0 saturated carbocycles. The smallest absolute Gasteiger partial charge is 0.0845 e. The van der Waals surface area contributed by atoms with Crippen LogP contribution in [0.25, 0.3) is 0 Å². The number of hydrogen-bond donors (Lipinski definition) is 0.